The molecule has 0 aromatic carbocycles. The zero-order valence-electron chi connectivity index (χ0n) is 21.5. The second-order valence-electron chi connectivity index (χ2n) is 10.6. The minimum atomic E-state index is -1.54. The van der Waals surface area contributed by atoms with Gasteiger partial charge in [-0.05, 0) is 44.1 Å². The fourth-order valence-corrected chi connectivity index (χ4v) is 5.57. The molecule has 2 rings (SSSR count). The summed E-state index contributed by atoms with van der Waals surface area (Å²) in [5.74, 6) is -1.97. The highest BCUT2D eigenvalue weighted by atomic mass is 32.1. The van der Waals surface area contributed by atoms with Gasteiger partial charge in [0.05, 0.1) is 5.41 Å². The summed E-state index contributed by atoms with van der Waals surface area (Å²) in [6.45, 7) is 3.67. The zero-order chi connectivity index (χ0) is 26.9. The van der Waals surface area contributed by atoms with Crippen LogP contribution in [0.2, 0.25) is 0 Å². The molecule has 2 aliphatic carbocycles. The monoisotopic (exact) mass is 525 g/mol. The molecule has 0 aliphatic heterocycles. The quantitative estimate of drug-likeness (QED) is 0.168. The molecule has 2 fully saturated rings. The predicted molar refractivity (Wildman–Crippen MR) is 141 cm³/mol. The summed E-state index contributed by atoms with van der Waals surface area (Å²) in [7, 11) is 0. The van der Waals surface area contributed by atoms with Crippen molar-refractivity contribution in [3.8, 4) is 0 Å². The van der Waals surface area contributed by atoms with Crippen LogP contribution in [0.25, 0.3) is 0 Å². The first-order valence-electron chi connectivity index (χ1n) is 13.1. The van der Waals surface area contributed by atoms with Crippen LogP contribution in [0, 0.1) is 17.3 Å². The van der Waals surface area contributed by atoms with E-state index in [1.807, 2.05) is 0 Å². The Hall–Kier alpha value is -2.11. The van der Waals surface area contributed by atoms with Gasteiger partial charge >= 0.3 is 0 Å². The summed E-state index contributed by atoms with van der Waals surface area (Å²) in [6.07, 6.45) is 7.01. The lowest BCUT2D eigenvalue weighted by molar-refractivity contribution is -0.135. The number of carbonyl (C=O) groups excluding carboxylic acids is 4. The number of thiocarbonyl (C=S) groups is 1. The van der Waals surface area contributed by atoms with Crippen molar-refractivity contribution >= 4 is 41.2 Å². The van der Waals surface area contributed by atoms with E-state index in [4.69, 9.17) is 23.7 Å². The molecule has 4 amide bonds. The molecule has 1 unspecified atom stereocenters. The van der Waals surface area contributed by atoms with Crippen LogP contribution in [0.4, 0.5) is 0 Å². The molecule has 0 aromatic heterocycles. The van der Waals surface area contributed by atoms with Crippen LogP contribution in [-0.4, -0.2) is 64.9 Å². The van der Waals surface area contributed by atoms with Gasteiger partial charge in [-0.2, -0.15) is 0 Å². The van der Waals surface area contributed by atoms with Crippen LogP contribution in [0.5, 0.6) is 0 Å². The standard InChI is InChI=1S/C25H43N5O5S/c1-16(2)25(15-36,23(35)29-19-14-24(19,10-12-31)22(27)34)30-21(33)18(28-20(32)9-6-11-26)13-17-7-4-3-5-8-17/h15-19,31H,3-14,26H2,1-2H3,(H2,27,34)(H,28,32)(H,29,35)(H,30,33)/t18-,19?,24-,25+/m0/s1. The molecule has 0 heterocycles. The van der Waals surface area contributed by atoms with Crippen LogP contribution in [-0.2, 0) is 19.2 Å². The van der Waals surface area contributed by atoms with Crippen molar-refractivity contribution in [2.75, 3.05) is 13.2 Å². The molecule has 0 spiro atoms. The van der Waals surface area contributed by atoms with Crippen LogP contribution in [0.15, 0.2) is 0 Å². The number of aliphatic hydroxyl groups is 1. The molecule has 8 N–H and O–H groups in total. The first-order valence-corrected chi connectivity index (χ1v) is 13.5. The zero-order valence-corrected chi connectivity index (χ0v) is 22.3. The van der Waals surface area contributed by atoms with Crippen molar-refractivity contribution in [3.05, 3.63) is 0 Å². The number of hydrogen-bond acceptors (Lipinski definition) is 7. The molecule has 10 nitrogen and oxygen atoms in total. The molecule has 0 radical (unpaired) electrons. The molecule has 11 heteroatoms. The van der Waals surface area contributed by atoms with Gasteiger partial charge in [0.15, 0.2) is 0 Å². The fourth-order valence-electron chi connectivity index (χ4n) is 5.13. The van der Waals surface area contributed by atoms with Crippen molar-refractivity contribution in [2.24, 2.45) is 28.7 Å². The average molecular weight is 526 g/mol. The molecular formula is C25H43N5O5S. The molecular weight excluding hydrogens is 482 g/mol. The molecule has 0 aromatic rings. The van der Waals surface area contributed by atoms with Gasteiger partial charge in [0.1, 0.15) is 11.6 Å². The van der Waals surface area contributed by atoms with E-state index < -0.39 is 46.7 Å². The molecule has 0 bridgehead atoms. The highest BCUT2D eigenvalue weighted by Crippen LogP contribution is 2.49. The number of primary amides is 1. The topological polar surface area (TPSA) is 177 Å². The number of nitrogens with one attached hydrogen (secondary N) is 3. The lowest BCUT2D eigenvalue weighted by atomic mass is 9.83. The number of rotatable bonds is 15. The third kappa shape index (κ3) is 7.23. The van der Waals surface area contributed by atoms with Crippen LogP contribution in [0.1, 0.15) is 78.1 Å². The average Bonchev–Trinajstić information content (AvgIpc) is 3.54. The lowest BCUT2D eigenvalue weighted by Gasteiger charge is -2.36. The number of amides is 4. The van der Waals surface area contributed by atoms with Gasteiger partial charge in [-0.1, -0.05) is 58.2 Å². The Bertz CT molecular complexity index is 819. The summed E-state index contributed by atoms with van der Waals surface area (Å²) in [5, 5.41) is 19.1. The van der Waals surface area contributed by atoms with E-state index in [1.54, 1.807) is 13.8 Å². The van der Waals surface area contributed by atoms with E-state index in [2.05, 4.69) is 16.0 Å². The summed E-state index contributed by atoms with van der Waals surface area (Å²) in [6, 6.07) is -1.35. The Balaban J connectivity index is 2.20. The van der Waals surface area contributed by atoms with Gasteiger partial charge in [-0.25, -0.2) is 0 Å². The first kappa shape index (κ1) is 30.1. The van der Waals surface area contributed by atoms with E-state index >= 15 is 0 Å². The van der Waals surface area contributed by atoms with Crippen molar-refractivity contribution in [1.82, 2.24) is 16.0 Å². The summed E-state index contributed by atoms with van der Waals surface area (Å²) < 4.78 is 0. The second kappa shape index (κ2) is 13.4. The van der Waals surface area contributed by atoms with E-state index in [0.717, 1.165) is 25.7 Å². The third-order valence-electron chi connectivity index (χ3n) is 7.79. The number of hydrogen-bond donors (Lipinski definition) is 6. The Morgan fingerprint density at radius 2 is 1.86 bits per heavy atom. The SMILES string of the molecule is CC(C)[C@@](C=S)(NC(=O)[C@H](CC1CCCCC1)NC(=O)CCCN)C(=O)NC1C[C@]1(CCO)C(N)=O. The minimum Gasteiger partial charge on any atom is -0.396 e. The maximum Gasteiger partial charge on any atom is 0.251 e. The van der Waals surface area contributed by atoms with Crippen molar-refractivity contribution in [2.45, 2.75) is 95.7 Å². The van der Waals surface area contributed by atoms with Crippen LogP contribution >= 0.6 is 12.2 Å². The summed E-state index contributed by atoms with van der Waals surface area (Å²) >= 11 is 5.25. The largest absolute Gasteiger partial charge is 0.396 e. The van der Waals surface area contributed by atoms with Gasteiger partial charge in [0.2, 0.25) is 17.7 Å². The van der Waals surface area contributed by atoms with Gasteiger partial charge < -0.3 is 32.5 Å². The fraction of sp³-hybridized carbons (Fsp3) is 0.800. The summed E-state index contributed by atoms with van der Waals surface area (Å²) in [5.41, 5.74) is 8.51. The second-order valence-corrected chi connectivity index (χ2v) is 10.8. The van der Waals surface area contributed by atoms with Gasteiger partial charge in [0, 0.05) is 24.4 Å². The van der Waals surface area contributed by atoms with Gasteiger partial charge in [-0.15, -0.1) is 0 Å². The first-order chi connectivity index (χ1) is 17.1. The maximum atomic E-state index is 13.5. The molecule has 204 valence electrons. The Morgan fingerprint density at radius 1 is 1.19 bits per heavy atom. The molecule has 2 aliphatic rings. The smallest absolute Gasteiger partial charge is 0.251 e. The van der Waals surface area contributed by atoms with Gasteiger partial charge in [0.25, 0.3) is 5.91 Å². The maximum absolute atomic E-state index is 13.5. The highest BCUT2D eigenvalue weighted by Gasteiger charge is 2.60. The van der Waals surface area contributed by atoms with E-state index in [9.17, 15) is 24.3 Å². The molecule has 36 heavy (non-hydrogen) atoms. The molecule has 2 saturated carbocycles. The predicted octanol–water partition coefficient (Wildman–Crippen LogP) is 0.434. The van der Waals surface area contributed by atoms with Crippen LogP contribution < -0.4 is 27.4 Å². The van der Waals surface area contributed by atoms with Crippen molar-refractivity contribution < 1.29 is 24.3 Å². The Labute approximate surface area is 219 Å². The van der Waals surface area contributed by atoms with E-state index in [1.165, 1.54) is 11.8 Å². The number of carbonyl (C=O) groups is 4. The number of nitrogens with two attached hydrogens (primary N) is 2. The summed E-state index contributed by atoms with van der Waals surface area (Å²) in [4.78, 5) is 51.5. The normalized spacial score (nSPS) is 24.3. The van der Waals surface area contributed by atoms with Crippen molar-refractivity contribution in [1.29, 1.82) is 0 Å². The minimum absolute atomic E-state index is 0.143. The molecule has 0 saturated heterocycles. The Morgan fingerprint density at radius 3 is 2.39 bits per heavy atom. The highest BCUT2D eigenvalue weighted by molar-refractivity contribution is 7.79. The Kier molecular flexibility index (Phi) is 11.2. The van der Waals surface area contributed by atoms with Crippen LogP contribution in [0.3, 0.4) is 0 Å². The van der Waals surface area contributed by atoms with Gasteiger partial charge in [-0.3, -0.25) is 19.2 Å². The molecule has 4 atom stereocenters. The lowest BCUT2D eigenvalue weighted by Crippen LogP contribution is -2.66. The van der Waals surface area contributed by atoms with E-state index in [0.29, 0.717) is 31.7 Å². The third-order valence-corrected chi connectivity index (χ3v) is 8.16. The number of aliphatic hydroxyl groups excluding tert-OH is 1. The van der Waals surface area contributed by atoms with Crippen molar-refractivity contribution in [3.63, 3.8) is 0 Å². The van der Waals surface area contributed by atoms with E-state index in [-0.39, 0.29) is 25.4 Å².